The van der Waals surface area contributed by atoms with Crippen molar-refractivity contribution in [3.8, 4) is 0 Å². The molecule has 1 aromatic carbocycles. The third-order valence-corrected chi connectivity index (χ3v) is 2.55. The first-order chi connectivity index (χ1) is 8.09. The SMILES string of the molecule is OC(c1cc(F)c(F)cc1F)C1COCCO1. The van der Waals surface area contributed by atoms with Gasteiger partial charge in [0, 0.05) is 11.6 Å². The molecule has 2 unspecified atom stereocenters. The predicted molar refractivity (Wildman–Crippen MR) is 51.8 cm³/mol. The van der Waals surface area contributed by atoms with Crippen molar-refractivity contribution in [2.24, 2.45) is 0 Å². The maximum Gasteiger partial charge on any atom is 0.161 e. The van der Waals surface area contributed by atoms with E-state index in [0.717, 1.165) is 0 Å². The smallest absolute Gasteiger partial charge is 0.161 e. The Labute approximate surface area is 95.8 Å². The van der Waals surface area contributed by atoms with Gasteiger partial charge < -0.3 is 14.6 Å². The van der Waals surface area contributed by atoms with Crippen LogP contribution in [0.4, 0.5) is 13.2 Å². The minimum absolute atomic E-state index is 0.0829. The molecule has 1 fully saturated rings. The zero-order valence-electron chi connectivity index (χ0n) is 8.83. The molecule has 1 aromatic rings. The van der Waals surface area contributed by atoms with E-state index in [0.29, 0.717) is 18.7 Å². The van der Waals surface area contributed by atoms with E-state index in [1.165, 1.54) is 0 Å². The molecule has 1 saturated heterocycles. The first-order valence-electron chi connectivity index (χ1n) is 5.11. The zero-order chi connectivity index (χ0) is 12.4. The Bertz CT molecular complexity index is 405. The van der Waals surface area contributed by atoms with Crippen molar-refractivity contribution in [1.29, 1.82) is 0 Å². The van der Waals surface area contributed by atoms with E-state index >= 15 is 0 Å². The molecule has 0 radical (unpaired) electrons. The van der Waals surface area contributed by atoms with Gasteiger partial charge in [-0.25, -0.2) is 13.2 Å². The van der Waals surface area contributed by atoms with Gasteiger partial charge in [0.2, 0.25) is 0 Å². The Balaban J connectivity index is 2.23. The molecular formula is C11H11F3O3. The summed E-state index contributed by atoms with van der Waals surface area (Å²) in [7, 11) is 0. The van der Waals surface area contributed by atoms with E-state index in [9.17, 15) is 18.3 Å². The lowest BCUT2D eigenvalue weighted by molar-refractivity contribution is -0.134. The number of benzene rings is 1. The Hall–Kier alpha value is -1.11. The second-order valence-corrected chi connectivity index (χ2v) is 3.72. The van der Waals surface area contributed by atoms with Crippen molar-refractivity contribution >= 4 is 0 Å². The normalized spacial score (nSPS) is 22.5. The van der Waals surface area contributed by atoms with Gasteiger partial charge in [-0.05, 0) is 6.07 Å². The maximum absolute atomic E-state index is 13.4. The average Bonchev–Trinajstić information content (AvgIpc) is 2.34. The lowest BCUT2D eigenvalue weighted by atomic mass is 10.0. The van der Waals surface area contributed by atoms with Crippen LogP contribution >= 0.6 is 0 Å². The van der Waals surface area contributed by atoms with Crippen LogP contribution in [0.2, 0.25) is 0 Å². The van der Waals surface area contributed by atoms with Crippen molar-refractivity contribution < 1.29 is 27.8 Å². The number of aliphatic hydroxyl groups is 1. The molecule has 1 aliphatic heterocycles. The summed E-state index contributed by atoms with van der Waals surface area (Å²) in [6.07, 6.45) is -2.16. The standard InChI is InChI=1S/C11H11F3O3/c12-7-4-9(14)8(13)3-6(7)11(15)10-5-16-1-2-17-10/h3-4,10-11,15H,1-2,5H2. The van der Waals surface area contributed by atoms with Gasteiger partial charge in [0.1, 0.15) is 18.0 Å². The summed E-state index contributed by atoms with van der Waals surface area (Å²) in [4.78, 5) is 0. The van der Waals surface area contributed by atoms with E-state index in [4.69, 9.17) is 9.47 Å². The van der Waals surface area contributed by atoms with Gasteiger partial charge in [0.05, 0.1) is 19.8 Å². The topological polar surface area (TPSA) is 38.7 Å². The van der Waals surface area contributed by atoms with E-state index in [1.807, 2.05) is 0 Å². The molecule has 0 aromatic heterocycles. The molecule has 94 valence electrons. The predicted octanol–water partition coefficient (Wildman–Crippen LogP) is 1.55. The first-order valence-corrected chi connectivity index (χ1v) is 5.11. The summed E-state index contributed by atoms with van der Waals surface area (Å²) in [5.74, 6) is -3.51. The molecule has 0 amide bonds. The number of hydrogen-bond acceptors (Lipinski definition) is 3. The number of aliphatic hydroxyl groups excluding tert-OH is 1. The highest BCUT2D eigenvalue weighted by Gasteiger charge is 2.27. The molecule has 1 N–H and O–H groups in total. The van der Waals surface area contributed by atoms with Gasteiger partial charge in [-0.1, -0.05) is 0 Å². The second kappa shape index (κ2) is 5.03. The highest BCUT2D eigenvalue weighted by atomic mass is 19.2. The molecule has 0 spiro atoms. The van der Waals surface area contributed by atoms with Crippen molar-refractivity contribution in [2.45, 2.75) is 12.2 Å². The van der Waals surface area contributed by atoms with Gasteiger partial charge in [-0.2, -0.15) is 0 Å². The molecule has 3 nitrogen and oxygen atoms in total. The van der Waals surface area contributed by atoms with Gasteiger partial charge in [0.25, 0.3) is 0 Å². The van der Waals surface area contributed by atoms with E-state index < -0.39 is 29.7 Å². The van der Waals surface area contributed by atoms with Crippen LogP contribution in [0.3, 0.4) is 0 Å². The highest BCUT2D eigenvalue weighted by Crippen LogP contribution is 2.25. The van der Waals surface area contributed by atoms with Crippen molar-refractivity contribution in [3.63, 3.8) is 0 Å². The fourth-order valence-electron chi connectivity index (χ4n) is 1.65. The summed E-state index contributed by atoms with van der Waals surface area (Å²) >= 11 is 0. The van der Waals surface area contributed by atoms with Crippen LogP contribution in [0.1, 0.15) is 11.7 Å². The van der Waals surface area contributed by atoms with Gasteiger partial charge >= 0.3 is 0 Å². The van der Waals surface area contributed by atoms with Gasteiger partial charge in [0.15, 0.2) is 11.6 Å². The van der Waals surface area contributed by atoms with Crippen LogP contribution in [-0.2, 0) is 9.47 Å². The van der Waals surface area contributed by atoms with E-state index in [2.05, 4.69) is 0 Å². The summed E-state index contributed by atoms with van der Waals surface area (Å²) in [6.45, 7) is 0.746. The molecule has 2 atom stereocenters. The number of rotatable bonds is 2. The maximum atomic E-state index is 13.4. The van der Waals surface area contributed by atoms with E-state index in [-0.39, 0.29) is 18.8 Å². The van der Waals surface area contributed by atoms with E-state index in [1.54, 1.807) is 0 Å². The van der Waals surface area contributed by atoms with Crippen LogP contribution in [0.15, 0.2) is 12.1 Å². The molecule has 0 saturated carbocycles. The summed E-state index contributed by atoms with van der Waals surface area (Å²) in [5.41, 5.74) is -0.334. The number of ether oxygens (including phenoxy) is 2. The summed E-state index contributed by atoms with van der Waals surface area (Å²) in [5, 5.41) is 9.81. The zero-order valence-corrected chi connectivity index (χ0v) is 8.83. The largest absolute Gasteiger partial charge is 0.385 e. The van der Waals surface area contributed by atoms with Gasteiger partial charge in [-0.15, -0.1) is 0 Å². The monoisotopic (exact) mass is 248 g/mol. The summed E-state index contributed by atoms with van der Waals surface area (Å²) < 4.78 is 49.3. The van der Waals surface area contributed by atoms with Crippen molar-refractivity contribution in [2.75, 3.05) is 19.8 Å². The van der Waals surface area contributed by atoms with Crippen LogP contribution in [0, 0.1) is 17.5 Å². The molecular weight excluding hydrogens is 237 g/mol. The Morgan fingerprint density at radius 2 is 1.82 bits per heavy atom. The molecule has 2 rings (SSSR count). The van der Waals surface area contributed by atoms with Crippen LogP contribution in [0.25, 0.3) is 0 Å². The second-order valence-electron chi connectivity index (χ2n) is 3.72. The first kappa shape index (κ1) is 12.3. The third-order valence-electron chi connectivity index (χ3n) is 2.55. The molecule has 1 aliphatic rings. The molecule has 17 heavy (non-hydrogen) atoms. The number of halogens is 3. The quantitative estimate of drug-likeness (QED) is 0.807. The van der Waals surface area contributed by atoms with Crippen LogP contribution < -0.4 is 0 Å². The molecule has 1 heterocycles. The Morgan fingerprint density at radius 3 is 2.47 bits per heavy atom. The minimum atomic E-state index is -1.38. The molecule has 0 aliphatic carbocycles. The number of hydrogen-bond donors (Lipinski definition) is 1. The average molecular weight is 248 g/mol. The Morgan fingerprint density at radius 1 is 1.12 bits per heavy atom. The summed E-state index contributed by atoms with van der Waals surface area (Å²) in [6, 6.07) is 1.03. The van der Waals surface area contributed by atoms with Crippen molar-refractivity contribution in [1.82, 2.24) is 0 Å². The fraction of sp³-hybridized carbons (Fsp3) is 0.455. The molecule has 0 bridgehead atoms. The molecule has 6 heteroatoms. The highest BCUT2D eigenvalue weighted by molar-refractivity contribution is 5.23. The van der Waals surface area contributed by atoms with Crippen LogP contribution in [0.5, 0.6) is 0 Å². The lowest BCUT2D eigenvalue weighted by Gasteiger charge is -2.27. The minimum Gasteiger partial charge on any atom is -0.385 e. The van der Waals surface area contributed by atoms with Crippen LogP contribution in [-0.4, -0.2) is 31.0 Å². The van der Waals surface area contributed by atoms with Crippen molar-refractivity contribution in [3.05, 3.63) is 35.1 Å². The Kier molecular flexibility index (Phi) is 3.66. The third kappa shape index (κ3) is 2.59. The lowest BCUT2D eigenvalue weighted by Crippen LogP contribution is -2.34. The van der Waals surface area contributed by atoms with Gasteiger partial charge in [-0.3, -0.25) is 0 Å². The fourth-order valence-corrected chi connectivity index (χ4v) is 1.65.